The van der Waals surface area contributed by atoms with Crippen molar-refractivity contribution in [1.29, 1.82) is 0 Å². The average Bonchev–Trinajstić information content (AvgIpc) is 3.14. The Morgan fingerprint density at radius 3 is 2.46 bits per heavy atom. The number of nitrogens with zero attached hydrogens (tertiary/aromatic N) is 1. The Balaban J connectivity index is 1.70. The molecule has 4 rings (SSSR count). The van der Waals surface area contributed by atoms with Crippen LogP contribution in [0.4, 0.5) is 0 Å². The van der Waals surface area contributed by atoms with E-state index in [1.807, 2.05) is 40.6 Å². The smallest absolute Gasteiger partial charge is 0.199 e. The number of carbonyl (C=O) groups excluding carboxylic acids is 2. The predicted molar refractivity (Wildman–Crippen MR) is 96.5 cm³/mol. The van der Waals surface area contributed by atoms with Crippen LogP contribution < -0.4 is 0 Å². The maximum atomic E-state index is 12.7. The quantitative estimate of drug-likeness (QED) is 0.606. The van der Waals surface area contributed by atoms with Gasteiger partial charge in [0.2, 0.25) is 0 Å². The molecule has 0 aliphatic carbocycles. The molecule has 0 unspecified atom stereocenters. The van der Waals surface area contributed by atoms with Crippen LogP contribution >= 0.6 is 23.4 Å². The zero-order valence-electron chi connectivity index (χ0n) is 12.5. The molecular formula is C19H12ClNO2S. The van der Waals surface area contributed by atoms with E-state index in [9.17, 15) is 9.59 Å². The molecule has 2 heterocycles. The van der Waals surface area contributed by atoms with E-state index in [4.69, 9.17) is 11.6 Å². The summed E-state index contributed by atoms with van der Waals surface area (Å²) in [5.74, 6) is -0.345. The Morgan fingerprint density at radius 1 is 1.04 bits per heavy atom. The third kappa shape index (κ3) is 2.48. The standard InChI is InChI=1S/C19H12ClNO2S/c20-14-8-6-12(7-9-14)15-11-24-19-17(16(22)10-21(15)19)18(23)13-4-2-1-3-5-13/h1-9,11H,10H2. The summed E-state index contributed by atoms with van der Waals surface area (Å²) in [6, 6.07) is 16.4. The van der Waals surface area contributed by atoms with Gasteiger partial charge in [-0.1, -0.05) is 65.8 Å². The fourth-order valence-corrected chi connectivity index (χ4v) is 4.07. The minimum Gasteiger partial charge on any atom is -0.326 e. The first-order valence-electron chi connectivity index (χ1n) is 7.42. The molecule has 0 radical (unpaired) electrons. The molecule has 3 nitrogen and oxygen atoms in total. The SMILES string of the molecule is O=C1CN2C(c3ccc(Cl)cc3)=CSC2=C1C(=O)c1ccccc1. The highest BCUT2D eigenvalue weighted by molar-refractivity contribution is 8.06. The first kappa shape index (κ1) is 15.2. The van der Waals surface area contributed by atoms with Gasteiger partial charge >= 0.3 is 0 Å². The number of hydrogen-bond acceptors (Lipinski definition) is 4. The molecule has 0 fully saturated rings. The first-order chi connectivity index (χ1) is 11.6. The van der Waals surface area contributed by atoms with E-state index < -0.39 is 0 Å². The molecule has 2 aliphatic heterocycles. The number of ketones is 2. The van der Waals surface area contributed by atoms with Gasteiger partial charge in [-0.15, -0.1) is 0 Å². The number of benzene rings is 2. The normalized spacial score (nSPS) is 16.5. The van der Waals surface area contributed by atoms with Crippen molar-refractivity contribution in [3.8, 4) is 0 Å². The molecule has 0 saturated heterocycles. The summed E-state index contributed by atoms with van der Waals surface area (Å²) in [7, 11) is 0. The van der Waals surface area contributed by atoms with Gasteiger partial charge in [0.1, 0.15) is 0 Å². The van der Waals surface area contributed by atoms with Gasteiger partial charge in [-0.3, -0.25) is 9.59 Å². The maximum Gasteiger partial charge on any atom is 0.199 e. The minimum absolute atomic E-state index is 0.133. The fraction of sp³-hybridized carbons (Fsp3) is 0.0526. The summed E-state index contributed by atoms with van der Waals surface area (Å²) in [6.07, 6.45) is 0. The Morgan fingerprint density at radius 2 is 1.75 bits per heavy atom. The van der Waals surface area contributed by atoms with Gasteiger partial charge in [-0.25, -0.2) is 0 Å². The van der Waals surface area contributed by atoms with Crippen LogP contribution in [0.2, 0.25) is 5.02 Å². The van der Waals surface area contributed by atoms with Crippen LogP contribution in [0.1, 0.15) is 15.9 Å². The molecule has 2 aromatic rings. The highest BCUT2D eigenvalue weighted by Crippen LogP contribution is 2.45. The van der Waals surface area contributed by atoms with Crippen molar-refractivity contribution in [1.82, 2.24) is 4.90 Å². The van der Waals surface area contributed by atoms with Crippen molar-refractivity contribution < 1.29 is 9.59 Å². The van der Waals surface area contributed by atoms with E-state index in [-0.39, 0.29) is 23.7 Å². The third-order valence-corrected chi connectivity index (χ3v) is 5.26. The minimum atomic E-state index is -0.212. The van der Waals surface area contributed by atoms with E-state index in [0.29, 0.717) is 10.6 Å². The zero-order chi connectivity index (χ0) is 16.7. The summed E-state index contributed by atoms with van der Waals surface area (Å²) in [5, 5.41) is 3.36. The van der Waals surface area contributed by atoms with E-state index in [1.54, 1.807) is 24.3 Å². The Kier molecular flexibility index (Phi) is 3.79. The van der Waals surface area contributed by atoms with Crippen LogP contribution in [0.5, 0.6) is 0 Å². The largest absolute Gasteiger partial charge is 0.326 e. The van der Waals surface area contributed by atoms with Crippen molar-refractivity contribution >= 4 is 40.6 Å². The van der Waals surface area contributed by atoms with E-state index in [2.05, 4.69) is 0 Å². The van der Waals surface area contributed by atoms with Crippen LogP contribution in [0.15, 0.2) is 70.6 Å². The molecule has 0 bridgehead atoms. The van der Waals surface area contributed by atoms with Crippen LogP contribution in [0, 0.1) is 0 Å². The van der Waals surface area contributed by atoms with Gasteiger partial charge in [-0.05, 0) is 17.7 Å². The van der Waals surface area contributed by atoms with Crippen LogP contribution in [-0.2, 0) is 4.79 Å². The van der Waals surface area contributed by atoms with Crippen molar-refractivity contribution in [2.75, 3.05) is 6.54 Å². The van der Waals surface area contributed by atoms with Gasteiger partial charge in [0, 0.05) is 16.0 Å². The lowest BCUT2D eigenvalue weighted by Crippen LogP contribution is -2.17. The number of thioether (sulfide) groups is 1. The summed E-state index contributed by atoms with van der Waals surface area (Å²) < 4.78 is 0. The van der Waals surface area contributed by atoms with Crippen molar-refractivity contribution in [3.63, 3.8) is 0 Å². The van der Waals surface area contributed by atoms with Gasteiger partial charge in [-0.2, -0.15) is 0 Å². The Bertz CT molecular complexity index is 901. The molecule has 0 amide bonds. The maximum absolute atomic E-state index is 12.7. The molecular weight excluding hydrogens is 342 g/mol. The topological polar surface area (TPSA) is 37.4 Å². The lowest BCUT2D eigenvalue weighted by molar-refractivity contribution is -0.114. The van der Waals surface area contributed by atoms with Crippen LogP contribution in [0.3, 0.4) is 0 Å². The summed E-state index contributed by atoms with van der Waals surface area (Å²) >= 11 is 7.36. The second-order valence-electron chi connectivity index (χ2n) is 5.51. The lowest BCUT2D eigenvalue weighted by atomic mass is 10.0. The van der Waals surface area contributed by atoms with E-state index >= 15 is 0 Å². The Hall–Kier alpha value is -2.30. The zero-order valence-corrected chi connectivity index (χ0v) is 14.1. The second kappa shape index (κ2) is 5.96. The summed E-state index contributed by atoms with van der Waals surface area (Å²) in [4.78, 5) is 27.1. The molecule has 0 atom stereocenters. The van der Waals surface area contributed by atoms with Gasteiger partial charge in [0.15, 0.2) is 11.6 Å². The molecule has 0 saturated carbocycles. The number of Topliss-reactive ketones (excluding diaryl/α,β-unsaturated/α-hetero) is 2. The van der Waals surface area contributed by atoms with E-state index in [0.717, 1.165) is 16.3 Å². The average molecular weight is 354 g/mol. The monoisotopic (exact) mass is 353 g/mol. The molecule has 0 spiro atoms. The van der Waals surface area contributed by atoms with Crippen molar-refractivity contribution in [3.05, 3.63) is 86.8 Å². The van der Waals surface area contributed by atoms with Gasteiger partial charge in [0.05, 0.1) is 22.8 Å². The van der Waals surface area contributed by atoms with Gasteiger partial charge < -0.3 is 4.90 Å². The van der Waals surface area contributed by atoms with Crippen molar-refractivity contribution in [2.24, 2.45) is 0 Å². The molecule has 0 aromatic heterocycles. The molecule has 0 N–H and O–H groups in total. The number of hydrogen-bond donors (Lipinski definition) is 0. The predicted octanol–water partition coefficient (Wildman–Crippen LogP) is 4.36. The second-order valence-corrected chi connectivity index (χ2v) is 6.81. The highest BCUT2D eigenvalue weighted by atomic mass is 35.5. The third-order valence-electron chi connectivity index (χ3n) is 4.02. The number of carbonyl (C=O) groups is 2. The molecule has 24 heavy (non-hydrogen) atoms. The fourth-order valence-electron chi connectivity index (χ4n) is 2.84. The molecule has 2 aromatic carbocycles. The van der Waals surface area contributed by atoms with Crippen molar-refractivity contribution in [2.45, 2.75) is 0 Å². The van der Waals surface area contributed by atoms with Crippen LogP contribution in [0.25, 0.3) is 5.70 Å². The number of fused-ring (bicyclic) bond motifs is 1. The first-order valence-corrected chi connectivity index (χ1v) is 8.68. The van der Waals surface area contributed by atoms with E-state index in [1.165, 1.54) is 11.8 Å². The summed E-state index contributed by atoms with van der Waals surface area (Å²) in [5.41, 5.74) is 2.72. The molecule has 2 aliphatic rings. The molecule has 118 valence electrons. The number of halogens is 1. The number of rotatable bonds is 3. The molecule has 5 heteroatoms. The Labute approximate surface area is 148 Å². The highest BCUT2D eigenvalue weighted by Gasteiger charge is 2.39. The summed E-state index contributed by atoms with van der Waals surface area (Å²) in [6.45, 7) is 0.199. The van der Waals surface area contributed by atoms with Gasteiger partial charge in [0.25, 0.3) is 0 Å². The van der Waals surface area contributed by atoms with Crippen LogP contribution in [-0.4, -0.2) is 23.0 Å². The lowest BCUT2D eigenvalue weighted by Gasteiger charge is -2.17.